The van der Waals surface area contributed by atoms with Crippen LogP contribution in [0.4, 0.5) is 0 Å². The van der Waals surface area contributed by atoms with E-state index in [2.05, 4.69) is 10.3 Å². The fourth-order valence-electron chi connectivity index (χ4n) is 0.811. The normalized spacial score (nSPS) is 9.62. The van der Waals surface area contributed by atoms with Crippen molar-refractivity contribution in [2.45, 2.75) is 0 Å². The second-order valence-electron chi connectivity index (χ2n) is 2.37. The summed E-state index contributed by atoms with van der Waals surface area (Å²) in [7, 11) is 0. The molecule has 0 aliphatic rings. The van der Waals surface area contributed by atoms with E-state index in [-0.39, 0.29) is 19.1 Å². The molecule has 0 radical (unpaired) electrons. The number of amides is 1. The summed E-state index contributed by atoms with van der Waals surface area (Å²) in [5.74, 6) is -0.311. The largest absolute Gasteiger partial charge is 0.394 e. The lowest BCUT2D eigenvalue weighted by molar-refractivity contribution is 0.0168. The van der Waals surface area contributed by atoms with Crippen LogP contribution < -0.4 is 5.48 Å². The maximum absolute atomic E-state index is 11.2. The second-order valence-corrected chi connectivity index (χ2v) is 2.37. The van der Waals surface area contributed by atoms with Crippen LogP contribution in [-0.2, 0) is 4.84 Å². The Morgan fingerprint density at radius 1 is 1.38 bits per heavy atom. The molecule has 0 aliphatic heterocycles. The molecule has 0 bridgehead atoms. The van der Waals surface area contributed by atoms with Gasteiger partial charge in [0.05, 0.1) is 13.2 Å². The van der Waals surface area contributed by atoms with Crippen molar-refractivity contribution in [1.29, 1.82) is 0 Å². The van der Waals surface area contributed by atoms with E-state index in [0.29, 0.717) is 5.56 Å². The first-order chi connectivity index (χ1) is 6.34. The van der Waals surface area contributed by atoms with E-state index in [4.69, 9.17) is 5.11 Å². The van der Waals surface area contributed by atoms with Crippen molar-refractivity contribution in [2.24, 2.45) is 0 Å². The zero-order chi connectivity index (χ0) is 9.52. The van der Waals surface area contributed by atoms with Crippen LogP contribution in [0, 0.1) is 0 Å². The highest BCUT2D eigenvalue weighted by Crippen LogP contribution is 1.97. The number of benzene rings is 1. The molecular weight excluding hydrogens is 170 g/mol. The highest BCUT2D eigenvalue weighted by Gasteiger charge is 2.02. The molecule has 2 N–H and O–H groups in total. The molecule has 1 aromatic carbocycles. The first-order valence-electron chi connectivity index (χ1n) is 3.92. The minimum absolute atomic E-state index is 0.0958. The van der Waals surface area contributed by atoms with Gasteiger partial charge in [-0.1, -0.05) is 18.2 Å². The van der Waals surface area contributed by atoms with Gasteiger partial charge in [0.1, 0.15) is 0 Å². The van der Waals surface area contributed by atoms with Gasteiger partial charge in [0.25, 0.3) is 5.91 Å². The summed E-state index contributed by atoms with van der Waals surface area (Å²) >= 11 is 0. The van der Waals surface area contributed by atoms with Crippen molar-refractivity contribution in [3.05, 3.63) is 35.9 Å². The smallest absolute Gasteiger partial charge is 0.274 e. The molecule has 1 amide bonds. The molecule has 0 atom stereocenters. The third-order valence-electron chi connectivity index (χ3n) is 1.39. The Morgan fingerprint density at radius 2 is 2.08 bits per heavy atom. The summed E-state index contributed by atoms with van der Waals surface area (Å²) in [4.78, 5) is 15.9. The molecule has 0 unspecified atom stereocenters. The second kappa shape index (κ2) is 5.29. The number of aliphatic hydroxyl groups is 1. The molecule has 1 rings (SSSR count). The summed E-state index contributed by atoms with van der Waals surface area (Å²) < 4.78 is 0. The third-order valence-corrected chi connectivity index (χ3v) is 1.39. The first kappa shape index (κ1) is 9.70. The van der Waals surface area contributed by atoms with E-state index in [1.54, 1.807) is 24.3 Å². The maximum atomic E-state index is 11.2. The van der Waals surface area contributed by atoms with E-state index >= 15 is 0 Å². The zero-order valence-electron chi connectivity index (χ0n) is 7.06. The van der Waals surface area contributed by atoms with Gasteiger partial charge in [0, 0.05) is 5.56 Å². The van der Waals surface area contributed by atoms with Gasteiger partial charge < -0.3 is 5.11 Å². The van der Waals surface area contributed by atoms with Crippen LogP contribution in [0.5, 0.6) is 0 Å². The zero-order valence-corrected chi connectivity index (χ0v) is 7.06. The summed E-state index contributed by atoms with van der Waals surface area (Å²) in [6.45, 7) is -0.0202. The number of rotatable bonds is 4. The van der Waals surface area contributed by atoms with Gasteiger partial charge in [-0.25, -0.2) is 5.48 Å². The van der Waals surface area contributed by atoms with E-state index < -0.39 is 0 Å². The predicted molar refractivity (Wildman–Crippen MR) is 46.9 cm³/mol. The van der Waals surface area contributed by atoms with E-state index in [9.17, 15) is 4.79 Å². The molecule has 4 nitrogen and oxygen atoms in total. The number of carbonyl (C=O) groups is 1. The van der Waals surface area contributed by atoms with Crippen LogP contribution in [0.25, 0.3) is 0 Å². The van der Waals surface area contributed by atoms with Crippen LogP contribution in [0.2, 0.25) is 0 Å². The van der Waals surface area contributed by atoms with Crippen LogP contribution in [0.15, 0.2) is 30.3 Å². The molecule has 0 aromatic heterocycles. The van der Waals surface area contributed by atoms with Crippen molar-refractivity contribution in [3.63, 3.8) is 0 Å². The van der Waals surface area contributed by atoms with Crippen molar-refractivity contribution in [3.8, 4) is 0 Å². The van der Waals surface area contributed by atoms with Crippen LogP contribution >= 0.6 is 0 Å². The number of hydroxylamine groups is 1. The van der Waals surface area contributed by atoms with Crippen molar-refractivity contribution in [1.82, 2.24) is 5.48 Å². The molecular formula is C9H11NO3. The number of hydrogen-bond acceptors (Lipinski definition) is 3. The molecule has 0 saturated heterocycles. The van der Waals surface area contributed by atoms with E-state index in [1.165, 1.54) is 0 Å². The molecule has 0 heterocycles. The average Bonchev–Trinajstić information content (AvgIpc) is 2.19. The molecule has 0 fully saturated rings. The van der Waals surface area contributed by atoms with Gasteiger partial charge in [0.2, 0.25) is 0 Å². The van der Waals surface area contributed by atoms with Gasteiger partial charge in [0.15, 0.2) is 0 Å². The van der Waals surface area contributed by atoms with Crippen LogP contribution in [0.3, 0.4) is 0 Å². The average molecular weight is 181 g/mol. The number of nitrogens with one attached hydrogen (secondary N) is 1. The van der Waals surface area contributed by atoms with Crippen molar-refractivity contribution >= 4 is 5.91 Å². The number of aliphatic hydroxyl groups excluding tert-OH is 1. The summed E-state index contributed by atoms with van der Waals surface area (Å²) in [5, 5.41) is 8.37. The van der Waals surface area contributed by atoms with Crippen LogP contribution in [0.1, 0.15) is 10.4 Å². The first-order valence-corrected chi connectivity index (χ1v) is 3.92. The third kappa shape index (κ3) is 3.23. The van der Waals surface area contributed by atoms with Gasteiger partial charge in [-0.2, -0.15) is 0 Å². The van der Waals surface area contributed by atoms with Crippen molar-refractivity contribution in [2.75, 3.05) is 13.2 Å². The maximum Gasteiger partial charge on any atom is 0.274 e. The van der Waals surface area contributed by atoms with Gasteiger partial charge >= 0.3 is 0 Å². The van der Waals surface area contributed by atoms with Gasteiger partial charge in [-0.3, -0.25) is 9.63 Å². The number of hydrogen-bond donors (Lipinski definition) is 2. The molecule has 13 heavy (non-hydrogen) atoms. The number of carbonyl (C=O) groups excluding carboxylic acids is 1. The van der Waals surface area contributed by atoms with Gasteiger partial charge in [-0.15, -0.1) is 0 Å². The van der Waals surface area contributed by atoms with Gasteiger partial charge in [-0.05, 0) is 12.1 Å². The highest BCUT2D eigenvalue weighted by atomic mass is 16.7. The molecule has 0 spiro atoms. The lowest BCUT2D eigenvalue weighted by Crippen LogP contribution is -2.24. The Labute approximate surface area is 76.1 Å². The predicted octanol–water partition coefficient (Wildman–Crippen LogP) is 0.340. The van der Waals surface area contributed by atoms with Crippen LogP contribution in [-0.4, -0.2) is 24.2 Å². The van der Waals surface area contributed by atoms with Crippen molar-refractivity contribution < 1.29 is 14.7 Å². The minimum Gasteiger partial charge on any atom is -0.394 e. The lowest BCUT2D eigenvalue weighted by Gasteiger charge is -2.03. The quantitative estimate of drug-likeness (QED) is 0.520. The Bertz CT molecular complexity index is 261. The Kier molecular flexibility index (Phi) is 3.95. The lowest BCUT2D eigenvalue weighted by atomic mass is 10.2. The Hall–Kier alpha value is -1.39. The fourth-order valence-corrected chi connectivity index (χ4v) is 0.811. The Balaban J connectivity index is 2.40. The molecule has 0 aliphatic carbocycles. The minimum atomic E-state index is -0.311. The molecule has 4 heteroatoms. The Morgan fingerprint density at radius 3 is 2.69 bits per heavy atom. The summed E-state index contributed by atoms with van der Waals surface area (Å²) in [6.07, 6.45) is 0. The monoisotopic (exact) mass is 181 g/mol. The topological polar surface area (TPSA) is 58.6 Å². The highest BCUT2D eigenvalue weighted by molar-refractivity contribution is 5.93. The fraction of sp³-hybridized carbons (Fsp3) is 0.222. The summed E-state index contributed by atoms with van der Waals surface area (Å²) in [5.41, 5.74) is 2.73. The standard InChI is InChI=1S/C9H11NO3/c11-6-7-13-10-9(12)8-4-2-1-3-5-8/h1-5,11H,6-7H2,(H,10,12). The molecule has 70 valence electrons. The molecule has 0 saturated carbocycles. The molecule has 1 aromatic rings. The SMILES string of the molecule is O=C(NOCCO)c1ccccc1. The van der Waals surface area contributed by atoms with E-state index in [1.807, 2.05) is 6.07 Å². The summed E-state index contributed by atoms with van der Waals surface area (Å²) in [6, 6.07) is 8.71. The van der Waals surface area contributed by atoms with E-state index in [0.717, 1.165) is 0 Å².